The summed E-state index contributed by atoms with van der Waals surface area (Å²) in [5.74, 6) is -0.0632. The van der Waals surface area contributed by atoms with Gasteiger partial charge in [0.05, 0.1) is 6.10 Å². The topological polar surface area (TPSA) is 64.6 Å². The fourth-order valence-corrected chi connectivity index (χ4v) is 3.35. The van der Waals surface area contributed by atoms with Crippen LogP contribution in [0.1, 0.15) is 21.5 Å². The number of para-hydroxylation sites is 1. The molecule has 0 radical (unpaired) electrons. The summed E-state index contributed by atoms with van der Waals surface area (Å²) in [6, 6.07) is 15.4. The first-order chi connectivity index (χ1) is 12.2. The Balaban J connectivity index is 1.71. The van der Waals surface area contributed by atoms with Gasteiger partial charge in [-0.05, 0) is 42.8 Å². The SMILES string of the molecule is CNCC(O)CN1CCc2c(cccc2C(=O)Nc2ccccc2)C1. The lowest BCUT2D eigenvalue weighted by Gasteiger charge is -2.31. The number of nitrogens with zero attached hydrogens (tertiary/aromatic N) is 1. The Kier molecular flexibility index (Phi) is 5.81. The molecule has 1 aliphatic heterocycles. The van der Waals surface area contributed by atoms with Gasteiger partial charge < -0.3 is 15.7 Å². The molecular formula is C20H25N3O2. The van der Waals surface area contributed by atoms with Crippen molar-refractivity contribution in [1.82, 2.24) is 10.2 Å². The molecule has 1 amide bonds. The molecule has 0 saturated carbocycles. The number of fused-ring (bicyclic) bond motifs is 1. The monoisotopic (exact) mass is 339 g/mol. The van der Waals surface area contributed by atoms with E-state index in [9.17, 15) is 9.90 Å². The van der Waals surface area contributed by atoms with Crippen molar-refractivity contribution in [2.45, 2.75) is 19.1 Å². The largest absolute Gasteiger partial charge is 0.390 e. The van der Waals surface area contributed by atoms with Crippen LogP contribution in [0.3, 0.4) is 0 Å². The van der Waals surface area contributed by atoms with E-state index in [2.05, 4.69) is 21.6 Å². The van der Waals surface area contributed by atoms with E-state index >= 15 is 0 Å². The molecule has 0 bridgehead atoms. The van der Waals surface area contributed by atoms with Gasteiger partial charge in [0.1, 0.15) is 0 Å². The number of hydrogen-bond donors (Lipinski definition) is 3. The van der Waals surface area contributed by atoms with Crippen LogP contribution >= 0.6 is 0 Å². The van der Waals surface area contributed by atoms with E-state index in [-0.39, 0.29) is 12.0 Å². The minimum absolute atomic E-state index is 0.0632. The second-order valence-corrected chi connectivity index (χ2v) is 6.46. The lowest BCUT2D eigenvalue weighted by atomic mass is 9.94. The van der Waals surface area contributed by atoms with Gasteiger partial charge in [-0.15, -0.1) is 0 Å². The average Bonchev–Trinajstić information content (AvgIpc) is 2.62. The van der Waals surface area contributed by atoms with Crippen molar-refractivity contribution < 1.29 is 9.90 Å². The number of aliphatic hydroxyl groups is 1. The number of nitrogens with one attached hydrogen (secondary N) is 2. The molecule has 132 valence electrons. The van der Waals surface area contributed by atoms with Crippen molar-refractivity contribution in [3.63, 3.8) is 0 Å². The summed E-state index contributed by atoms with van der Waals surface area (Å²) in [4.78, 5) is 14.9. The molecule has 0 aromatic heterocycles. The van der Waals surface area contributed by atoms with Gasteiger partial charge in [-0.25, -0.2) is 0 Å². The first-order valence-electron chi connectivity index (χ1n) is 8.69. The van der Waals surface area contributed by atoms with Crippen LogP contribution < -0.4 is 10.6 Å². The number of amides is 1. The van der Waals surface area contributed by atoms with E-state index in [4.69, 9.17) is 0 Å². The maximum Gasteiger partial charge on any atom is 0.255 e. The summed E-state index contributed by atoms with van der Waals surface area (Å²) >= 11 is 0. The van der Waals surface area contributed by atoms with Crippen LogP contribution in [0.25, 0.3) is 0 Å². The zero-order valence-corrected chi connectivity index (χ0v) is 14.5. The van der Waals surface area contributed by atoms with E-state index in [1.54, 1.807) is 0 Å². The van der Waals surface area contributed by atoms with Crippen LogP contribution in [0.4, 0.5) is 5.69 Å². The molecule has 2 aromatic rings. The van der Waals surface area contributed by atoms with Gasteiger partial charge in [0.25, 0.3) is 5.91 Å². The highest BCUT2D eigenvalue weighted by Gasteiger charge is 2.22. The first-order valence-corrected chi connectivity index (χ1v) is 8.69. The van der Waals surface area contributed by atoms with Crippen molar-refractivity contribution >= 4 is 11.6 Å². The highest BCUT2D eigenvalue weighted by Crippen LogP contribution is 2.23. The summed E-state index contributed by atoms with van der Waals surface area (Å²) in [5, 5.41) is 15.9. The summed E-state index contributed by atoms with van der Waals surface area (Å²) in [5.41, 5.74) is 3.84. The third-order valence-electron chi connectivity index (χ3n) is 4.53. The van der Waals surface area contributed by atoms with Crippen LogP contribution in [0.15, 0.2) is 48.5 Å². The molecule has 0 spiro atoms. The Labute approximate surface area is 148 Å². The Bertz CT molecular complexity index is 718. The Morgan fingerprint density at radius 1 is 1.20 bits per heavy atom. The number of carbonyl (C=O) groups excluding carboxylic acids is 1. The quantitative estimate of drug-likeness (QED) is 0.752. The normalized spacial score (nSPS) is 15.4. The molecule has 1 aliphatic rings. The van der Waals surface area contributed by atoms with Gasteiger partial charge >= 0.3 is 0 Å². The molecule has 0 fully saturated rings. The summed E-state index contributed by atoms with van der Waals surface area (Å²) in [6.07, 6.45) is 0.441. The Hall–Kier alpha value is -2.21. The minimum atomic E-state index is -0.379. The predicted molar refractivity (Wildman–Crippen MR) is 99.8 cm³/mol. The van der Waals surface area contributed by atoms with Crippen molar-refractivity contribution in [1.29, 1.82) is 0 Å². The van der Waals surface area contributed by atoms with Gasteiger partial charge in [0.15, 0.2) is 0 Å². The fraction of sp³-hybridized carbons (Fsp3) is 0.350. The molecule has 3 rings (SSSR count). The maximum atomic E-state index is 12.7. The van der Waals surface area contributed by atoms with Crippen molar-refractivity contribution in [2.24, 2.45) is 0 Å². The predicted octanol–water partition coefficient (Wildman–Crippen LogP) is 1.88. The smallest absolute Gasteiger partial charge is 0.255 e. The molecule has 0 aliphatic carbocycles. The fourth-order valence-electron chi connectivity index (χ4n) is 3.35. The lowest BCUT2D eigenvalue weighted by Crippen LogP contribution is -2.40. The second-order valence-electron chi connectivity index (χ2n) is 6.46. The second kappa shape index (κ2) is 8.25. The third kappa shape index (κ3) is 4.45. The first kappa shape index (κ1) is 17.6. The molecule has 5 heteroatoms. The van der Waals surface area contributed by atoms with Crippen LogP contribution in [0.2, 0.25) is 0 Å². The van der Waals surface area contributed by atoms with Crippen LogP contribution in [0, 0.1) is 0 Å². The van der Waals surface area contributed by atoms with Crippen LogP contribution in [-0.4, -0.2) is 48.7 Å². The van der Waals surface area contributed by atoms with Gasteiger partial charge in [-0.2, -0.15) is 0 Å². The molecule has 0 saturated heterocycles. The molecule has 1 atom stereocenters. The van der Waals surface area contributed by atoms with Crippen LogP contribution in [0.5, 0.6) is 0 Å². The number of aliphatic hydroxyl groups excluding tert-OH is 1. The number of benzene rings is 2. The zero-order chi connectivity index (χ0) is 17.6. The number of anilines is 1. The molecule has 25 heavy (non-hydrogen) atoms. The Morgan fingerprint density at radius 2 is 2.00 bits per heavy atom. The summed E-state index contributed by atoms with van der Waals surface area (Å²) < 4.78 is 0. The minimum Gasteiger partial charge on any atom is -0.390 e. The van der Waals surface area contributed by atoms with Gasteiger partial charge in [-0.1, -0.05) is 30.3 Å². The molecule has 3 N–H and O–H groups in total. The molecular weight excluding hydrogens is 314 g/mol. The van der Waals surface area contributed by atoms with Gasteiger partial charge in [0, 0.05) is 37.4 Å². The van der Waals surface area contributed by atoms with Crippen molar-refractivity contribution in [2.75, 3.05) is 32.0 Å². The third-order valence-corrected chi connectivity index (χ3v) is 4.53. The van der Waals surface area contributed by atoms with Gasteiger partial charge in [-0.3, -0.25) is 9.69 Å². The number of likely N-dealkylation sites (N-methyl/N-ethyl adjacent to an activating group) is 1. The number of hydrogen-bond acceptors (Lipinski definition) is 4. The van der Waals surface area contributed by atoms with Gasteiger partial charge in [0.2, 0.25) is 0 Å². The maximum absolute atomic E-state index is 12.7. The van der Waals surface area contributed by atoms with E-state index < -0.39 is 0 Å². The van der Waals surface area contributed by atoms with E-state index in [1.807, 2.05) is 49.5 Å². The zero-order valence-electron chi connectivity index (χ0n) is 14.5. The summed E-state index contributed by atoms with van der Waals surface area (Å²) in [7, 11) is 1.84. The standard InChI is InChI=1S/C20H25N3O2/c1-21-12-17(24)14-23-11-10-18-15(13-23)6-5-9-19(18)20(25)22-16-7-3-2-4-8-16/h2-9,17,21,24H,10-14H2,1H3,(H,22,25). The molecule has 1 heterocycles. The average molecular weight is 339 g/mol. The van der Waals surface area contributed by atoms with Crippen LogP contribution in [-0.2, 0) is 13.0 Å². The highest BCUT2D eigenvalue weighted by molar-refractivity contribution is 6.05. The van der Waals surface area contributed by atoms with Crippen molar-refractivity contribution in [3.05, 3.63) is 65.2 Å². The summed E-state index contributed by atoms with van der Waals surface area (Å²) in [6.45, 7) is 2.84. The molecule has 5 nitrogen and oxygen atoms in total. The van der Waals surface area contributed by atoms with E-state index in [0.29, 0.717) is 13.1 Å². The van der Waals surface area contributed by atoms with Crippen molar-refractivity contribution in [3.8, 4) is 0 Å². The number of carbonyl (C=O) groups is 1. The van der Waals surface area contributed by atoms with E-state index in [1.165, 1.54) is 5.56 Å². The Morgan fingerprint density at radius 3 is 2.76 bits per heavy atom. The van der Waals surface area contributed by atoms with E-state index in [0.717, 1.165) is 36.3 Å². The number of rotatable bonds is 6. The number of β-amino-alcohol motifs (C(OH)–C–C–N with tert-alkyl or cyclic N) is 1. The lowest BCUT2D eigenvalue weighted by molar-refractivity contribution is 0.101. The highest BCUT2D eigenvalue weighted by atomic mass is 16.3. The molecule has 2 aromatic carbocycles. The molecule has 1 unspecified atom stereocenters.